The lowest BCUT2D eigenvalue weighted by molar-refractivity contribution is 0.0805. The van der Waals surface area contributed by atoms with Gasteiger partial charge in [0.1, 0.15) is 5.69 Å². The Labute approximate surface area is 163 Å². The minimum atomic E-state index is -0.0713. The molecule has 3 N–H and O–H groups in total. The Morgan fingerprint density at radius 3 is 2.30 bits per heavy atom. The molecule has 2 aliphatic carbocycles. The van der Waals surface area contributed by atoms with E-state index in [1.807, 2.05) is 13.0 Å². The summed E-state index contributed by atoms with van der Waals surface area (Å²) in [5.41, 5.74) is 9.52. The second-order valence-corrected chi connectivity index (χ2v) is 8.46. The molecule has 4 nitrogen and oxygen atoms in total. The summed E-state index contributed by atoms with van der Waals surface area (Å²) in [4.78, 5) is 11.4. The molecule has 0 aliphatic heterocycles. The first kappa shape index (κ1) is 20.1. The molecule has 0 heterocycles. The van der Waals surface area contributed by atoms with E-state index in [1.165, 1.54) is 25.7 Å². The molecule has 3 rings (SSSR count). The molecular formula is C23H34N2O2. The first-order chi connectivity index (χ1) is 13.1. The zero-order valence-corrected chi connectivity index (χ0v) is 16.6. The second-order valence-electron chi connectivity index (χ2n) is 8.46. The van der Waals surface area contributed by atoms with Gasteiger partial charge in [-0.05, 0) is 105 Å². The Morgan fingerprint density at radius 1 is 1.07 bits per heavy atom. The fourth-order valence-corrected chi connectivity index (χ4v) is 5.21. The molecule has 2 aliphatic rings. The van der Waals surface area contributed by atoms with Crippen molar-refractivity contribution in [2.24, 2.45) is 17.0 Å². The number of benzene rings is 1. The molecule has 2 fully saturated rings. The van der Waals surface area contributed by atoms with Crippen LogP contribution in [0.15, 0.2) is 29.5 Å². The summed E-state index contributed by atoms with van der Waals surface area (Å²) in [6.07, 6.45) is 14.8. The number of rotatable bonds is 6. The average Bonchev–Trinajstić information content (AvgIpc) is 2.69. The Hall–Kier alpha value is -1.68. The number of nitrogens with zero attached hydrogens (tertiary/aromatic N) is 1. The van der Waals surface area contributed by atoms with Crippen molar-refractivity contribution in [2.45, 2.75) is 83.2 Å². The van der Waals surface area contributed by atoms with Gasteiger partial charge in [-0.3, -0.25) is 0 Å². The van der Waals surface area contributed by atoms with Crippen LogP contribution in [0.1, 0.15) is 81.8 Å². The number of nitrogens with two attached hydrogens (primary N) is 1. The van der Waals surface area contributed by atoms with Crippen LogP contribution in [-0.2, 0) is 6.42 Å². The summed E-state index contributed by atoms with van der Waals surface area (Å²) in [6, 6.07) is 4.19. The minimum absolute atomic E-state index is 0.0713. The minimum Gasteiger partial charge on any atom is -0.397 e. The molecule has 0 aromatic heterocycles. The van der Waals surface area contributed by atoms with Gasteiger partial charge in [0.2, 0.25) is 0 Å². The number of hydrogen-bond donors (Lipinski definition) is 2. The number of nitroso groups, excluding NO2 is 1. The topological polar surface area (TPSA) is 75.7 Å². The predicted molar refractivity (Wildman–Crippen MR) is 112 cm³/mol. The van der Waals surface area contributed by atoms with E-state index in [0.29, 0.717) is 17.3 Å². The molecule has 0 spiro atoms. The van der Waals surface area contributed by atoms with Crippen LogP contribution in [0.4, 0.5) is 11.4 Å². The van der Waals surface area contributed by atoms with Gasteiger partial charge in [-0.1, -0.05) is 24.3 Å². The van der Waals surface area contributed by atoms with Crippen molar-refractivity contribution >= 4 is 11.4 Å². The highest BCUT2D eigenvalue weighted by Gasteiger charge is 2.31. The van der Waals surface area contributed by atoms with E-state index >= 15 is 0 Å². The molecule has 0 saturated heterocycles. The molecule has 0 radical (unpaired) electrons. The van der Waals surface area contributed by atoms with E-state index in [9.17, 15) is 10.0 Å². The standard InChI is InChI=1S/C23H34N2O2/c1-2-3-4-5-19-12-15-21(22(24)23(19)25-27)18-8-6-16(7-9-18)17-10-13-20(26)14-11-17/h2-3,12,15-18,20,26H,4-11,13-14,24H2,1H3/b3-2+. The highest BCUT2D eigenvalue weighted by molar-refractivity contribution is 5.71. The molecule has 1 aromatic rings. The van der Waals surface area contributed by atoms with Gasteiger partial charge in [-0.2, -0.15) is 0 Å². The van der Waals surface area contributed by atoms with Crippen molar-refractivity contribution in [3.05, 3.63) is 40.3 Å². The number of aryl methyl sites for hydroxylation is 1. The van der Waals surface area contributed by atoms with Crippen LogP contribution in [0.25, 0.3) is 0 Å². The first-order valence-electron chi connectivity index (χ1n) is 10.7. The molecular weight excluding hydrogens is 336 g/mol. The number of anilines is 1. The summed E-state index contributed by atoms with van der Waals surface area (Å²) < 4.78 is 0. The van der Waals surface area contributed by atoms with Gasteiger partial charge in [0.05, 0.1) is 11.8 Å². The third-order valence-electron chi connectivity index (χ3n) is 6.86. The van der Waals surface area contributed by atoms with Gasteiger partial charge in [-0.25, -0.2) is 0 Å². The van der Waals surface area contributed by atoms with E-state index in [1.54, 1.807) is 0 Å². The van der Waals surface area contributed by atoms with Crippen LogP contribution >= 0.6 is 0 Å². The Balaban J connectivity index is 1.64. The lowest BCUT2D eigenvalue weighted by Gasteiger charge is -2.37. The van der Waals surface area contributed by atoms with Crippen molar-refractivity contribution < 1.29 is 5.11 Å². The highest BCUT2D eigenvalue weighted by atomic mass is 16.3. The average molecular weight is 371 g/mol. The quantitative estimate of drug-likeness (QED) is 0.366. The molecule has 2 saturated carbocycles. The van der Waals surface area contributed by atoms with Crippen molar-refractivity contribution in [2.75, 3.05) is 5.73 Å². The Bertz CT molecular complexity index is 655. The fourth-order valence-electron chi connectivity index (χ4n) is 5.21. The monoisotopic (exact) mass is 370 g/mol. The molecule has 27 heavy (non-hydrogen) atoms. The van der Waals surface area contributed by atoms with Crippen molar-refractivity contribution in [3.63, 3.8) is 0 Å². The van der Waals surface area contributed by atoms with Gasteiger partial charge in [0, 0.05) is 0 Å². The van der Waals surface area contributed by atoms with E-state index in [4.69, 9.17) is 5.73 Å². The van der Waals surface area contributed by atoms with Gasteiger partial charge >= 0.3 is 0 Å². The highest BCUT2D eigenvalue weighted by Crippen LogP contribution is 2.45. The van der Waals surface area contributed by atoms with Gasteiger partial charge in [0.15, 0.2) is 0 Å². The SMILES string of the molecule is C/C=C/CCc1ccc(C2CCC(C3CCC(O)CC3)CC2)c(N)c1N=O. The third kappa shape index (κ3) is 4.78. The molecule has 4 heteroatoms. The largest absolute Gasteiger partial charge is 0.397 e. The number of allylic oxidation sites excluding steroid dienone is 2. The van der Waals surface area contributed by atoms with E-state index < -0.39 is 0 Å². The number of aliphatic hydroxyl groups excluding tert-OH is 1. The first-order valence-corrected chi connectivity index (χ1v) is 10.7. The van der Waals surface area contributed by atoms with Crippen molar-refractivity contribution in [1.82, 2.24) is 0 Å². The second kappa shape index (κ2) is 9.50. The Kier molecular flexibility index (Phi) is 7.06. The van der Waals surface area contributed by atoms with E-state index in [-0.39, 0.29) is 6.10 Å². The maximum absolute atomic E-state index is 11.4. The molecule has 0 unspecified atom stereocenters. The predicted octanol–water partition coefficient (Wildman–Crippen LogP) is 6.00. The third-order valence-corrected chi connectivity index (χ3v) is 6.86. The van der Waals surface area contributed by atoms with Crippen LogP contribution in [0, 0.1) is 16.7 Å². The van der Waals surface area contributed by atoms with Crippen molar-refractivity contribution in [3.8, 4) is 0 Å². The molecule has 1 aromatic carbocycles. The Morgan fingerprint density at radius 2 is 1.70 bits per heavy atom. The van der Waals surface area contributed by atoms with Gasteiger partial charge < -0.3 is 10.8 Å². The summed E-state index contributed by atoms with van der Waals surface area (Å²) in [5, 5.41) is 13.0. The summed E-state index contributed by atoms with van der Waals surface area (Å²) >= 11 is 0. The van der Waals surface area contributed by atoms with Crippen molar-refractivity contribution in [1.29, 1.82) is 0 Å². The normalized spacial score (nSPS) is 29.1. The fraction of sp³-hybridized carbons (Fsp3) is 0.652. The lowest BCUT2D eigenvalue weighted by Crippen LogP contribution is -2.27. The van der Waals surface area contributed by atoms with E-state index in [2.05, 4.69) is 23.4 Å². The molecule has 0 bridgehead atoms. The summed E-state index contributed by atoms with van der Waals surface area (Å²) in [5.74, 6) is 2.02. The number of aliphatic hydroxyl groups is 1. The molecule has 148 valence electrons. The molecule has 0 atom stereocenters. The number of hydrogen-bond acceptors (Lipinski definition) is 4. The zero-order valence-electron chi connectivity index (χ0n) is 16.6. The van der Waals surface area contributed by atoms with Crippen LogP contribution in [-0.4, -0.2) is 11.2 Å². The van der Waals surface area contributed by atoms with Gasteiger partial charge in [0.25, 0.3) is 0 Å². The van der Waals surface area contributed by atoms with Crippen LogP contribution in [0.2, 0.25) is 0 Å². The van der Waals surface area contributed by atoms with Crippen LogP contribution < -0.4 is 5.73 Å². The van der Waals surface area contributed by atoms with Crippen LogP contribution in [0.5, 0.6) is 0 Å². The maximum atomic E-state index is 11.4. The van der Waals surface area contributed by atoms with E-state index in [0.717, 1.165) is 61.5 Å². The smallest absolute Gasteiger partial charge is 0.134 e. The lowest BCUT2D eigenvalue weighted by atomic mass is 9.69. The summed E-state index contributed by atoms with van der Waals surface area (Å²) in [7, 11) is 0. The van der Waals surface area contributed by atoms with Crippen LogP contribution in [0.3, 0.4) is 0 Å². The van der Waals surface area contributed by atoms with Gasteiger partial charge in [-0.15, -0.1) is 4.91 Å². The number of nitrogen functional groups attached to an aromatic ring is 1. The zero-order chi connectivity index (χ0) is 19.2. The maximum Gasteiger partial charge on any atom is 0.134 e. The summed E-state index contributed by atoms with van der Waals surface area (Å²) in [6.45, 7) is 2.00. The molecule has 0 amide bonds.